The highest BCUT2D eigenvalue weighted by Crippen LogP contribution is 2.59. The van der Waals surface area contributed by atoms with Gasteiger partial charge < -0.3 is 0 Å². The van der Waals surface area contributed by atoms with Gasteiger partial charge in [0.1, 0.15) is 0 Å². The lowest BCUT2D eigenvalue weighted by Gasteiger charge is -2.22. The van der Waals surface area contributed by atoms with Crippen LogP contribution in [0.15, 0.2) is 71.9 Å². The van der Waals surface area contributed by atoms with E-state index in [1.54, 1.807) is 11.1 Å². The van der Waals surface area contributed by atoms with Crippen molar-refractivity contribution in [1.29, 1.82) is 0 Å². The van der Waals surface area contributed by atoms with Crippen LogP contribution in [0.2, 0.25) is 0 Å². The van der Waals surface area contributed by atoms with Crippen molar-refractivity contribution in [2.75, 3.05) is 0 Å². The molecule has 0 radical (unpaired) electrons. The molecule has 0 aliphatic heterocycles. The molecular weight excluding hydrogens is 240 g/mol. The van der Waals surface area contributed by atoms with Crippen LogP contribution in [0.1, 0.15) is 0 Å². The topological polar surface area (TPSA) is 0 Å². The third-order valence-electron chi connectivity index (χ3n) is 6.60. The van der Waals surface area contributed by atoms with Crippen LogP contribution >= 0.6 is 0 Å². The SMILES string of the molecule is C1=C[C@@H]2C=C(C3=C[C@@H]4C=C[C@@H]5C=C[C@@H]3[C@H]54)[C@@H]3C=C[C@@H]1[C@H]23. The monoisotopic (exact) mass is 258 g/mol. The fourth-order valence-electron chi connectivity index (χ4n) is 5.80. The maximum Gasteiger partial charge on any atom is 0.00636 e. The average Bonchev–Trinajstić information content (AvgIpc) is 3.18. The molecule has 0 fully saturated rings. The lowest BCUT2D eigenvalue weighted by Crippen LogP contribution is -2.16. The molecule has 0 aromatic carbocycles. The molecule has 0 saturated carbocycles. The second-order valence-electron chi connectivity index (χ2n) is 7.30. The zero-order valence-corrected chi connectivity index (χ0v) is 11.4. The molecule has 0 N–H and O–H groups in total. The molecule has 0 bridgehead atoms. The van der Waals surface area contributed by atoms with Crippen LogP contribution in [-0.2, 0) is 0 Å². The summed E-state index contributed by atoms with van der Waals surface area (Å²) in [5.41, 5.74) is 3.34. The molecule has 0 unspecified atom stereocenters. The van der Waals surface area contributed by atoms with Gasteiger partial charge in [0.05, 0.1) is 0 Å². The van der Waals surface area contributed by atoms with E-state index in [9.17, 15) is 0 Å². The Morgan fingerprint density at radius 3 is 1.35 bits per heavy atom. The Balaban J connectivity index is 1.47. The van der Waals surface area contributed by atoms with E-state index in [2.05, 4.69) is 60.8 Å². The van der Waals surface area contributed by atoms with Gasteiger partial charge >= 0.3 is 0 Å². The molecule has 6 aliphatic carbocycles. The van der Waals surface area contributed by atoms with Crippen LogP contribution in [0.3, 0.4) is 0 Å². The van der Waals surface area contributed by atoms with Crippen molar-refractivity contribution in [1.82, 2.24) is 0 Å². The highest BCUT2D eigenvalue weighted by Gasteiger charge is 2.50. The molecule has 6 rings (SSSR count). The Bertz CT molecular complexity index is 621. The molecule has 20 heavy (non-hydrogen) atoms. The van der Waals surface area contributed by atoms with Crippen LogP contribution in [-0.4, -0.2) is 0 Å². The first kappa shape index (κ1) is 10.2. The normalized spacial score (nSPS) is 54.8. The van der Waals surface area contributed by atoms with Gasteiger partial charge in [-0.25, -0.2) is 0 Å². The summed E-state index contributed by atoms with van der Waals surface area (Å²) in [5.74, 6) is 5.87. The number of hydrogen-bond acceptors (Lipinski definition) is 0. The van der Waals surface area contributed by atoms with Crippen molar-refractivity contribution in [3.63, 3.8) is 0 Å². The lowest BCUT2D eigenvalue weighted by atomic mass is 9.81. The first-order valence-electron chi connectivity index (χ1n) is 8.07. The minimum Gasteiger partial charge on any atom is -0.0807 e. The zero-order chi connectivity index (χ0) is 12.8. The standard InChI is InChI=1S/C20H18/c1-3-13-9-17(15-7-5-11(1)19(13)15)18-10-14-4-2-12-6-8-16(18)20(12)14/h1-16,19-20H/t11-,12-,13-,14+,15+,16+,19-,20-/m1/s1. The quantitative estimate of drug-likeness (QED) is 0.622. The minimum atomic E-state index is 0.696. The highest BCUT2D eigenvalue weighted by atomic mass is 14.5. The highest BCUT2D eigenvalue weighted by molar-refractivity contribution is 5.53. The van der Waals surface area contributed by atoms with Crippen molar-refractivity contribution in [2.45, 2.75) is 0 Å². The Morgan fingerprint density at radius 2 is 0.850 bits per heavy atom. The maximum absolute atomic E-state index is 2.59. The summed E-state index contributed by atoms with van der Waals surface area (Å²) in [5, 5.41) is 0. The molecule has 98 valence electrons. The summed E-state index contributed by atoms with van der Waals surface area (Å²) in [4.78, 5) is 0. The fraction of sp³-hybridized carbons (Fsp3) is 0.400. The smallest absolute Gasteiger partial charge is 0.00636 e. The van der Waals surface area contributed by atoms with Crippen LogP contribution in [0, 0.1) is 47.3 Å². The second-order valence-corrected chi connectivity index (χ2v) is 7.30. The van der Waals surface area contributed by atoms with E-state index >= 15 is 0 Å². The van der Waals surface area contributed by atoms with E-state index in [4.69, 9.17) is 0 Å². The molecule has 0 saturated heterocycles. The average molecular weight is 258 g/mol. The maximum atomic E-state index is 2.59. The molecule has 0 aromatic heterocycles. The van der Waals surface area contributed by atoms with Crippen molar-refractivity contribution in [2.24, 2.45) is 47.3 Å². The third-order valence-corrected chi connectivity index (χ3v) is 6.60. The van der Waals surface area contributed by atoms with Crippen molar-refractivity contribution in [3.05, 3.63) is 71.9 Å². The van der Waals surface area contributed by atoms with Gasteiger partial charge in [-0.05, 0) is 46.7 Å². The van der Waals surface area contributed by atoms with Crippen LogP contribution in [0.4, 0.5) is 0 Å². The molecule has 0 amide bonds. The zero-order valence-electron chi connectivity index (χ0n) is 11.4. The summed E-state index contributed by atoms with van der Waals surface area (Å²) < 4.78 is 0. The number of allylic oxidation sites excluding steroid dienone is 12. The van der Waals surface area contributed by atoms with Crippen LogP contribution in [0.5, 0.6) is 0 Å². The molecule has 0 aromatic rings. The fourth-order valence-corrected chi connectivity index (χ4v) is 5.80. The lowest BCUT2D eigenvalue weighted by molar-refractivity contribution is 0.398. The van der Waals surface area contributed by atoms with E-state index < -0.39 is 0 Å². The Hall–Kier alpha value is -1.56. The van der Waals surface area contributed by atoms with Gasteiger partial charge in [0.15, 0.2) is 0 Å². The van der Waals surface area contributed by atoms with Gasteiger partial charge in [0.2, 0.25) is 0 Å². The molecule has 0 nitrogen and oxygen atoms in total. The molecule has 8 atom stereocenters. The largest absolute Gasteiger partial charge is 0.0807 e. The van der Waals surface area contributed by atoms with Crippen LogP contribution in [0.25, 0.3) is 0 Å². The summed E-state index contributed by atoms with van der Waals surface area (Å²) in [6, 6.07) is 0. The van der Waals surface area contributed by atoms with E-state index in [1.807, 2.05) is 0 Å². The summed E-state index contributed by atoms with van der Waals surface area (Å²) in [7, 11) is 0. The first-order valence-corrected chi connectivity index (χ1v) is 8.07. The first-order chi connectivity index (χ1) is 9.90. The van der Waals surface area contributed by atoms with E-state index in [-0.39, 0.29) is 0 Å². The predicted octanol–water partition coefficient (Wildman–Crippen LogP) is 4.08. The van der Waals surface area contributed by atoms with Gasteiger partial charge in [-0.3, -0.25) is 0 Å². The summed E-state index contributed by atoms with van der Waals surface area (Å²) >= 11 is 0. The Labute approximate surface area is 120 Å². The minimum absolute atomic E-state index is 0.696. The molecular formula is C20H18. The third kappa shape index (κ3) is 1.01. The van der Waals surface area contributed by atoms with E-state index in [0.717, 1.165) is 11.8 Å². The van der Waals surface area contributed by atoms with Crippen molar-refractivity contribution >= 4 is 0 Å². The Morgan fingerprint density at radius 1 is 0.450 bits per heavy atom. The van der Waals surface area contributed by atoms with E-state index in [1.165, 1.54) is 0 Å². The second kappa shape index (κ2) is 3.19. The number of hydrogen-bond donors (Lipinski definition) is 0. The predicted molar refractivity (Wildman–Crippen MR) is 80.6 cm³/mol. The number of rotatable bonds is 1. The van der Waals surface area contributed by atoms with Crippen molar-refractivity contribution < 1.29 is 0 Å². The molecule has 0 heteroatoms. The molecule has 0 heterocycles. The Kier molecular flexibility index (Phi) is 1.63. The van der Waals surface area contributed by atoms with Crippen LogP contribution < -0.4 is 0 Å². The molecule has 0 spiro atoms. The van der Waals surface area contributed by atoms with Gasteiger partial charge in [-0.1, -0.05) is 60.8 Å². The van der Waals surface area contributed by atoms with E-state index in [0.29, 0.717) is 35.5 Å². The summed E-state index contributed by atoms with van der Waals surface area (Å²) in [6.07, 6.45) is 24.8. The van der Waals surface area contributed by atoms with Gasteiger partial charge in [-0.15, -0.1) is 0 Å². The van der Waals surface area contributed by atoms with Gasteiger partial charge in [0, 0.05) is 11.8 Å². The van der Waals surface area contributed by atoms with Crippen molar-refractivity contribution in [3.8, 4) is 0 Å². The molecule has 6 aliphatic rings. The summed E-state index contributed by atoms with van der Waals surface area (Å²) in [6.45, 7) is 0. The van der Waals surface area contributed by atoms with Gasteiger partial charge in [0.25, 0.3) is 0 Å². The van der Waals surface area contributed by atoms with Gasteiger partial charge in [-0.2, -0.15) is 0 Å².